The first-order valence-corrected chi connectivity index (χ1v) is 5.20. The van der Waals surface area contributed by atoms with E-state index in [1.54, 1.807) is 0 Å². The van der Waals surface area contributed by atoms with E-state index in [2.05, 4.69) is 11.9 Å². The zero-order chi connectivity index (χ0) is 14.1. The van der Waals surface area contributed by atoms with Crippen molar-refractivity contribution in [2.45, 2.75) is 18.9 Å². The Morgan fingerprint density at radius 1 is 1.44 bits per heavy atom. The summed E-state index contributed by atoms with van der Waals surface area (Å²) in [6.45, 7) is 1.68. The first-order valence-electron chi connectivity index (χ1n) is 5.20. The monoisotopic (exact) mass is 266 g/mol. The molecule has 0 saturated carbocycles. The Balaban J connectivity index is 4.54. The standard InChI is InChI=1S/C10H16F2N2O4/c1-2-3-7(9(16)17)13-10(18)14(4-5-15)6-8(11)12/h2,7-8,15H,1,3-6H2,(H,13,18)(H,16,17). The van der Waals surface area contributed by atoms with Gasteiger partial charge in [0, 0.05) is 6.54 Å². The first kappa shape index (κ1) is 16.3. The van der Waals surface area contributed by atoms with Crippen LogP contribution < -0.4 is 5.32 Å². The Bertz CT molecular complexity index is 300. The number of carboxylic acids is 1. The number of hydrogen-bond donors (Lipinski definition) is 3. The van der Waals surface area contributed by atoms with Crippen LogP contribution in [0.25, 0.3) is 0 Å². The lowest BCUT2D eigenvalue weighted by Crippen LogP contribution is -2.49. The molecule has 0 spiro atoms. The molecule has 0 fully saturated rings. The van der Waals surface area contributed by atoms with E-state index in [1.807, 2.05) is 0 Å². The van der Waals surface area contributed by atoms with Crippen LogP contribution in [0, 0.1) is 0 Å². The molecule has 0 saturated heterocycles. The number of aliphatic hydroxyl groups is 1. The van der Waals surface area contributed by atoms with Gasteiger partial charge in [-0.3, -0.25) is 0 Å². The summed E-state index contributed by atoms with van der Waals surface area (Å²) in [6.07, 6.45) is -1.49. The number of carbonyl (C=O) groups excluding carboxylic acids is 1. The largest absolute Gasteiger partial charge is 0.480 e. The molecule has 0 aliphatic carbocycles. The number of carboxylic acid groups (broad SMARTS) is 1. The highest BCUT2D eigenvalue weighted by molar-refractivity contribution is 5.82. The molecule has 0 aromatic rings. The minimum Gasteiger partial charge on any atom is -0.480 e. The summed E-state index contributed by atoms with van der Waals surface area (Å²) in [5.74, 6) is -1.29. The summed E-state index contributed by atoms with van der Waals surface area (Å²) in [6, 6.07) is -2.19. The highest BCUT2D eigenvalue weighted by atomic mass is 19.3. The highest BCUT2D eigenvalue weighted by Crippen LogP contribution is 2.01. The molecule has 0 rings (SSSR count). The third-order valence-corrected chi connectivity index (χ3v) is 2.01. The van der Waals surface area contributed by atoms with Crippen LogP contribution >= 0.6 is 0 Å². The van der Waals surface area contributed by atoms with Crippen LogP contribution in [0.3, 0.4) is 0 Å². The number of carbonyl (C=O) groups is 2. The molecule has 0 aromatic heterocycles. The number of nitrogens with one attached hydrogen (secondary N) is 1. The van der Waals surface area contributed by atoms with Gasteiger partial charge in [0.25, 0.3) is 6.43 Å². The lowest BCUT2D eigenvalue weighted by molar-refractivity contribution is -0.139. The van der Waals surface area contributed by atoms with Gasteiger partial charge in [-0.05, 0) is 6.42 Å². The van der Waals surface area contributed by atoms with Gasteiger partial charge in [0.2, 0.25) is 0 Å². The van der Waals surface area contributed by atoms with Crippen molar-refractivity contribution >= 4 is 12.0 Å². The topological polar surface area (TPSA) is 89.9 Å². The Morgan fingerprint density at radius 3 is 2.44 bits per heavy atom. The average Bonchev–Trinajstić information content (AvgIpc) is 2.27. The van der Waals surface area contributed by atoms with Gasteiger partial charge in [-0.1, -0.05) is 6.08 Å². The number of aliphatic carboxylic acids is 1. The molecule has 8 heteroatoms. The molecular formula is C10H16F2N2O4. The van der Waals surface area contributed by atoms with Crippen LogP contribution in [0.4, 0.5) is 13.6 Å². The molecule has 1 unspecified atom stereocenters. The number of nitrogens with zero attached hydrogens (tertiary/aromatic N) is 1. The van der Waals surface area contributed by atoms with Gasteiger partial charge in [0.05, 0.1) is 13.2 Å². The maximum atomic E-state index is 12.2. The summed E-state index contributed by atoms with van der Waals surface area (Å²) >= 11 is 0. The van der Waals surface area contributed by atoms with Crippen LogP contribution in [-0.4, -0.2) is 59.3 Å². The molecule has 0 radical (unpaired) electrons. The molecule has 6 nitrogen and oxygen atoms in total. The van der Waals surface area contributed by atoms with Gasteiger partial charge >= 0.3 is 12.0 Å². The second-order valence-electron chi connectivity index (χ2n) is 3.43. The molecule has 104 valence electrons. The van der Waals surface area contributed by atoms with E-state index in [0.717, 1.165) is 0 Å². The second-order valence-corrected chi connectivity index (χ2v) is 3.43. The highest BCUT2D eigenvalue weighted by Gasteiger charge is 2.23. The van der Waals surface area contributed by atoms with Gasteiger partial charge in [-0.15, -0.1) is 6.58 Å². The molecular weight excluding hydrogens is 250 g/mol. The zero-order valence-electron chi connectivity index (χ0n) is 9.68. The quantitative estimate of drug-likeness (QED) is 0.551. The maximum Gasteiger partial charge on any atom is 0.326 e. The molecule has 0 bridgehead atoms. The van der Waals surface area contributed by atoms with E-state index in [9.17, 15) is 18.4 Å². The van der Waals surface area contributed by atoms with Crippen molar-refractivity contribution in [1.82, 2.24) is 10.2 Å². The summed E-state index contributed by atoms with van der Waals surface area (Å²) in [4.78, 5) is 22.9. The lowest BCUT2D eigenvalue weighted by atomic mass is 10.2. The Kier molecular flexibility index (Phi) is 7.61. The molecule has 1 atom stereocenters. The summed E-state index contributed by atoms with van der Waals surface area (Å²) in [7, 11) is 0. The minimum absolute atomic E-state index is 0.0251. The second kappa shape index (κ2) is 8.40. The van der Waals surface area contributed by atoms with E-state index in [4.69, 9.17) is 10.2 Å². The summed E-state index contributed by atoms with van der Waals surface area (Å²) in [5.41, 5.74) is 0. The minimum atomic E-state index is -2.76. The normalized spacial score (nSPS) is 12.0. The van der Waals surface area contributed by atoms with Crippen molar-refractivity contribution in [3.05, 3.63) is 12.7 Å². The number of alkyl halides is 2. The third kappa shape index (κ3) is 6.14. The number of halogens is 2. The zero-order valence-corrected chi connectivity index (χ0v) is 9.68. The fourth-order valence-electron chi connectivity index (χ4n) is 1.19. The molecule has 0 aromatic carbocycles. The lowest BCUT2D eigenvalue weighted by Gasteiger charge is -2.23. The first-order chi connectivity index (χ1) is 8.42. The predicted molar refractivity (Wildman–Crippen MR) is 59.4 cm³/mol. The maximum absolute atomic E-state index is 12.2. The van der Waals surface area contributed by atoms with Crippen molar-refractivity contribution in [3.8, 4) is 0 Å². The van der Waals surface area contributed by atoms with E-state index in [-0.39, 0.29) is 13.0 Å². The van der Waals surface area contributed by atoms with Crippen molar-refractivity contribution < 1.29 is 28.6 Å². The van der Waals surface area contributed by atoms with Gasteiger partial charge in [0.15, 0.2) is 0 Å². The van der Waals surface area contributed by atoms with Crippen LogP contribution in [0.5, 0.6) is 0 Å². The van der Waals surface area contributed by atoms with Gasteiger partial charge in [-0.2, -0.15) is 0 Å². The Hall–Kier alpha value is -1.70. The number of rotatable bonds is 8. The summed E-state index contributed by atoms with van der Waals surface area (Å²) < 4.78 is 24.4. The molecule has 3 N–H and O–H groups in total. The van der Waals surface area contributed by atoms with E-state index >= 15 is 0 Å². The van der Waals surface area contributed by atoms with Crippen LogP contribution in [-0.2, 0) is 4.79 Å². The number of hydrogen-bond acceptors (Lipinski definition) is 3. The van der Waals surface area contributed by atoms with E-state index in [1.165, 1.54) is 6.08 Å². The van der Waals surface area contributed by atoms with Crippen LogP contribution in [0.1, 0.15) is 6.42 Å². The van der Waals surface area contributed by atoms with Crippen molar-refractivity contribution in [3.63, 3.8) is 0 Å². The number of urea groups is 1. The Labute approximate surface area is 103 Å². The number of aliphatic hydroxyl groups excluding tert-OH is 1. The number of amides is 2. The van der Waals surface area contributed by atoms with Gasteiger partial charge in [0.1, 0.15) is 6.04 Å². The fraction of sp³-hybridized carbons (Fsp3) is 0.600. The van der Waals surface area contributed by atoms with E-state index < -0.39 is 37.6 Å². The SMILES string of the molecule is C=CCC(NC(=O)N(CCO)CC(F)F)C(=O)O. The van der Waals surface area contributed by atoms with Crippen LogP contribution in [0.15, 0.2) is 12.7 Å². The van der Waals surface area contributed by atoms with Crippen LogP contribution in [0.2, 0.25) is 0 Å². The molecule has 18 heavy (non-hydrogen) atoms. The van der Waals surface area contributed by atoms with Crippen molar-refractivity contribution in [2.24, 2.45) is 0 Å². The molecule has 2 amide bonds. The predicted octanol–water partition coefficient (Wildman–Crippen LogP) is 0.285. The van der Waals surface area contributed by atoms with E-state index in [0.29, 0.717) is 4.90 Å². The Morgan fingerprint density at radius 2 is 2.06 bits per heavy atom. The summed E-state index contributed by atoms with van der Waals surface area (Å²) in [5, 5.41) is 19.5. The molecule has 0 heterocycles. The average molecular weight is 266 g/mol. The van der Waals surface area contributed by atoms with Crippen molar-refractivity contribution in [1.29, 1.82) is 0 Å². The smallest absolute Gasteiger partial charge is 0.326 e. The van der Waals surface area contributed by atoms with Gasteiger partial charge < -0.3 is 20.4 Å². The van der Waals surface area contributed by atoms with Crippen molar-refractivity contribution in [2.75, 3.05) is 19.7 Å². The van der Waals surface area contributed by atoms with Gasteiger partial charge in [-0.25, -0.2) is 18.4 Å². The third-order valence-electron chi connectivity index (χ3n) is 2.01. The fourth-order valence-corrected chi connectivity index (χ4v) is 1.19. The molecule has 0 aliphatic rings. The molecule has 0 aliphatic heterocycles.